The number of aliphatic hydroxyl groups is 1. The molecule has 1 aromatic rings. The van der Waals surface area contributed by atoms with Crippen LogP contribution in [0.5, 0.6) is 0 Å². The minimum Gasteiger partial charge on any atom is -0.391 e. The van der Waals surface area contributed by atoms with E-state index in [0.29, 0.717) is 34.6 Å². The van der Waals surface area contributed by atoms with Crippen molar-refractivity contribution in [3.63, 3.8) is 0 Å². The zero-order valence-corrected chi connectivity index (χ0v) is 12.3. The molecule has 1 aliphatic rings. The first-order chi connectivity index (χ1) is 9.02. The summed E-state index contributed by atoms with van der Waals surface area (Å²) in [7, 11) is 0. The van der Waals surface area contributed by atoms with E-state index in [4.69, 9.17) is 0 Å². The normalized spacial score (nSPS) is 16.2. The van der Waals surface area contributed by atoms with Crippen molar-refractivity contribution in [1.29, 1.82) is 0 Å². The van der Waals surface area contributed by atoms with Crippen LogP contribution < -0.4 is 5.32 Å². The second-order valence-electron chi connectivity index (χ2n) is 4.86. The Balaban J connectivity index is 2.09. The van der Waals surface area contributed by atoms with Crippen molar-refractivity contribution in [2.45, 2.75) is 37.8 Å². The first-order valence-electron chi connectivity index (χ1n) is 6.38. The molecule has 1 unspecified atom stereocenters. The molecule has 2 N–H and O–H groups in total. The van der Waals surface area contributed by atoms with Gasteiger partial charge in [0, 0.05) is 6.54 Å². The first kappa shape index (κ1) is 14.3. The molecule has 6 heteroatoms. The SMILES string of the molecule is CSc1nc(C)nc(C)c1C(=O)NCC(O)C1CC1. The summed E-state index contributed by atoms with van der Waals surface area (Å²) in [6.45, 7) is 3.91. The molecule has 1 atom stereocenters. The number of aromatic nitrogens is 2. The number of nitrogens with zero attached hydrogens (tertiary/aromatic N) is 2. The van der Waals surface area contributed by atoms with Crippen LogP contribution in [0.1, 0.15) is 34.7 Å². The largest absolute Gasteiger partial charge is 0.391 e. The highest BCUT2D eigenvalue weighted by molar-refractivity contribution is 7.98. The predicted octanol–water partition coefficient (Wildman–Crippen LogP) is 1.32. The van der Waals surface area contributed by atoms with Gasteiger partial charge in [0.25, 0.3) is 5.91 Å². The highest BCUT2D eigenvalue weighted by Gasteiger charge is 2.30. The summed E-state index contributed by atoms with van der Waals surface area (Å²) in [6.07, 6.45) is 3.56. The van der Waals surface area contributed by atoms with Crippen LogP contribution in [0.25, 0.3) is 0 Å². The lowest BCUT2D eigenvalue weighted by Crippen LogP contribution is -2.34. The number of carbonyl (C=O) groups excluding carboxylic acids is 1. The van der Waals surface area contributed by atoms with E-state index >= 15 is 0 Å². The van der Waals surface area contributed by atoms with Crippen LogP contribution in [0.3, 0.4) is 0 Å². The number of nitrogens with one attached hydrogen (secondary N) is 1. The maximum absolute atomic E-state index is 12.2. The third-order valence-corrected chi connectivity index (χ3v) is 3.91. The molecule has 0 aromatic carbocycles. The van der Waals surface area contributed by atoms with Gasteiger partial charge in [-0.15, -0.1) is 11.8 Å². The van der Waals surface area contributed by atoms with Crippen LogP contribution in [-0.2, 0) is 0 Å². The lowest BCUT2D eigenvalue weighted by Gasteiger charge is -2.13. The fraction of sp³-hybridized carbons (Fsp3) is 0.615. The zero-order valence-electron chi connectivity index (χ0n) is 11.4. The van der Waals surface area contributed by atoms with Crippen molar-refractivity contribution < 1.29 is 9.90 Å². The maximum atomic E-state index is 12.2. The van der Waals surface area contributed by atoms with Crippen LogP contribution in [0.4, 0.5) is 0 Å². The lowest BCUT2D eigenvalue weighted by molar-refractivity contribution is 0.0896. The van der Waals surface area contributed by atoms with Gasteiger partial charge in [-0.05, 0) is 38.9 Å². The van der Waals surface area contributed by atoms with Gasteiger partial charge in [0.2, 0.25) is 0 Å². The Hall–Kier alpha value is -1.14. The van der Waals surface area contributed by atoms with Gasteiger partial charge >= 0.3 is 0 Å². The molecule has 0 spiro atoms. The quantitative estimate of drug-likeness (QED) is 0.629. The lowest BCUT2D eigenvalue weighted by atomic mass is 10.2. The fourth-order valence-corrected chi connectivity index (χ4v) is 2.69. The van der Waals surface area contributed by atoms with Crippen molar-refractivity contribution in [2.75, 3.05) is 12.8 Å². The van der Waals surface area contributed by atoms with E-state index in [1.165, 1.54) is 11.8 Å². The second-order valence-corrected chi connectivity index (χ2v) is 5.65. The van der Waals surface area contributed by atoms with Gasteiger partial charge in [-0.25, -0.2) is 9.97 Å². The third kappa shape index (κ3) is 3.45. The molecule has 1 aliphatic carbocycles. The summed E-state index contributed by atoms with van der Waals surface area (Å²) in [6, 6.07) is 0. The van der Waals surface area contributed by atoms with Gasteiger partial charge in [0.05, 0.1) is 17.4 Å². The van der Waals surface area contributed by atoms with E-state index < -0.39 is 6.10 Å². The number of aryl methyl sites for hydroxylation is 2. The Labute approximate surface area is 117 Å². The molecule has 0 saturated heterocycles. The molecule has 1 amide bonds. The average molecular weight is 281 g/mol. The van der Waals surface area contributed by atoms with E-state index in [-0.39, 0.29) is 5.91 Å². The van der Waals surface area contributed by atoms with E-state index in [1.54, 1.807) is 6.92 Å². The third-order valence-electron chi connectivity index (χ3n) is 3.23. The Morgan fingerprint density at radius 1 is 1.47 bits per heavy atom. The van der Waals surface area contributed by atoms with Crippen molar-refractivity contribution in [1.82, 2.24) is 15.3 Å². The van der Waals surface area contributed by atoms with E-state index in [1.807, 2.05) is 13.2 Å². The average Bonchev–Trinajstić information content (AvgIpc) is 3.18. The van der Waals surface area contributed by atoms with E-state index in [0.717, 1.165) is 12.8 Å². The Bertz CT molecular complexity index is 489. The second kappa shape index (κ2) is 5.88. The maximum Gasteiger partial charge on any atom is 0.255 e. The predicted molar refractivity (Wildman–Crippen MR) is 74.4 cm³/mol. The minimum atomic E-state index is -0.437. The van der Waals surface area contributed by atoms with Crippen molar-refractivity contribution in [3.05, 3.63) is 17.1 Å². The van der Waals surface area contributed by atoms with E-state index in [9.17, 15) is 9.90 Å². The number of carbonyl (C=O) groups is 1. The van der Waals surface area contributed by atoms with Crippen molar-refractivity contribution in [3.8, 4) is 0 Å². The standard InChI is InChI=1S/C13H19N3O2S/c1-7-11(13(19-3)16-8(2)15-7)12(18)14-6-10(17)9-4-5-9/h9-10,17H,4-6H2,1-3H3,(H,14,18). The molecule has 2 rings (SSSR count). The molecule has 5 nitrogen and oxygen atoms in total. The van der Waals surface area contributed by atoms with Gasteiger partial charge in [-0.2, -0.15) is 0 Å². The number of rotatable bonds is 5. The summed E-state index contributed by atoms with van der Waals surface area (Å²) < 4.78 is 0. The minimum absolute atomic E-state index is 0.207. The summed E-state index contributed by atoms with van der Waals surface area (Å²) in [5.41, 5.74) is 1.19. The first-order valence-corrected chi connectivity index (χ1v) is 7.61. The fourth-order valence-electron chi connectivity index (χ4n) is 2.02. The smallest absolute Gasteiger partial charge is 0.255 e. The molecule has 0 aliphatic heterocycles. The molecule has 19 heavy (non-hydrogen) atoms. The van der Waals surface area contributed by atoms with Gasteiger partial charge < -0.3 is 10.4 Å². The summed E-state index contributed by atoms with van der Waals surface area (Å²) in [5, 5.41) is 13.2. The molecule has 1 aromatic heterocycles. The van der Waals surface area contributed by atoms with Crippen LogP contribution in [-0.4, -0.2) is 39.9 Å². The molecule has 0 radical (unpaired) electrons. The summed E-state index contributed by atoms with van der Waals surface area (Å²) >= 11 is 1.43. The Kier molecular flexibility index (Phi) is 4.42. The summed E-state index contributed by atoms with van der Waals surface area (Å²) in [5.74, 6) is 0.814. The molecule has 1 heterocycles. The molecule has 1 saturated carbocycles. The molecule has 1 fully saturated rings. The number of hydrogen-bond donors (Lipinski definition) is 2. The highest BCUT2D eigenvalue weighted by atomic mass is 32.2. The van der Waals surface area contributed by atoms with Gasteiger partial charge in [-0.1, -0.05) is 0 Å². The monoisotopic (exact) mass is 281 g/mol. The topological polar surface area (TPSA) is 75.1 Å². The molecule has 104 valence electrons. The summed E-state index contributed by atoms with van der Waals surface area (Å²) in [4.78, 5) is 20.7. The van der Waals surface area contributed by atoms with Crippen LogP contribution in [0.15, 0.2) is 5.03 Å². The highest BCUT2D eigenvalue weighted by Crippen LogP contribution is 2.32. The van der Waals surface area contributed by atoms with Crippen molar-refractivity contribution >= 4 is 17.7 Å². The van der Waals surface area contributed by atoms with Gasteiger partial charge in [0.15, 0.2) is 0 Å². The van der Waals surface area contributed by atoms with Crippen LogP contribution >= 0.6 is 11.8 Å². The number of aliphatic hydroxyl groups excluding tert-OH is 1. The van der Waals surface area contributed by atoms with Crippen LogP contribution in [0.2, 0.25) is 0 Å². The van der Waals surface area contributed by atoms with Crippen molar-refractivity contribution in [2.24, 2.45) is 5.92 Å². The van der Waals surface area contributed by atoms with Gasteiger partial charge in [0.1, 0.15) is 10.9 Å². The van der Waals surface area contributed by atoms with E-state index in [2.05, 4.69) is 15.3 Å². The molecule has 0 bridgehead atoms. The number of amides is 1. The Morgan fingerprint density at radius 2 is 2.16 bits per heavy atom. The molecular formula is C13H19N3O2S. The van der Waals surface area contributed by atoms with Crippen LogP contribution in [0, 0.1) is 19.8 Å². The molecular weight excluding hydrogens is 262 g/mol. The van der Waals surface area contributed by atoms with Gasteiger partial charge in [-0.3, -0.25) is 4.79 Å². The number of thioether (sulfide) groups is 1. The zero-order chi connectivity index (χ0) is 14.0. The Morgan fingerprint density at radius 3 is 2.74 bits per heavy atom. The number of hydrogen-bond acceptors (Lipinski definition) is 5.